The molecule has 0 heterocycles. The van der Waals surface area contributed by atoms with Gasteiger partial charge in [0.2, 0.25) is 0 Å². The second kappa shape index (κ2) is 5.02. The van der Waals surface area contributed by atoms with Crippen molar-refractivity contribution in [2.45, 2.75) is 6.92 Å². The SMILES string of the molecule is Cc1c(N)cc(C(=O)c2cccc3ccccc23)cc1F. The summed E-state index contributed by atoms with van der Waals surface area (Å²) in [5.74, 6) is -0.684. The van der Waals surface area contributed by atoms with E-state index in [9.17, 15) is 9.18 Å². The molecule has 0 aliphatic rings. The summed E-state index contributed by atoms with van der Waals surface area (Å²) in [5, 5.41) is 1.83. The normalized spacial score (nSPS) is 10.8. The van der Waals surface area contributed by atoms with Gasteiger partial charge in [0.05, 0.1) is 0 Å². The van der Waals surface area contributed by atoms with Crippen molar-refractivity contribution in [2.75, 3.05) is 5.73 Å². The molecule has 0 fully saturated rings. The fourth-order valence-electron chi connectivity index (χ4n) is 2.41. The van der Waals surface area contributed by atoms with Crippen LogP contribution in [0, 0.1) is 12.7 Å². The van der Waals surface area contributed by atoms with Crippen molar-refractivity contribution in [2.24, 2.45) is 0 Å². The molecule has 21 heavy (non-hydrogen) atoms. The monoisotopic (exact) mass is 279 g/mol. The summed E-state index contributed by atoms with van der Waals surface area (Å²) in [6, 6.07) is 15.9. The average Bonchev–Trinajstić information content (AvgIpc) is 2.51. The molecular weight excluding hydrogens is 265 g/mol. The highest BCUT2D eigenvalue weighted by molar-refractivity contribution is 6.16. The van der Waals surface area contributed by atoms with E-state index in [2.05, 4.69) is 0 Å². The Balaban J connectivity index is 2.17. The van der Waals surface area contributed by atoms with Gasteiger partial charge in [-0.05, 0) is 29.8 Å². The summed E-state index contributed by atoms with van der Waals surface area (Å²) in [7, 11) is 0. The first-order valence-corrected chi connectivity index (χ1v) is 6.66. The van der Waals surface area contributed by atoms with E-state index in [-0.39, 0.29) is 11.3 Å². The maximum absolute atomic E-state index is 13.8. The second-order valence-corrected chi connectivity index (χ2v) is 5.03. The minimum atomic E-state index is -0.460. The van der Waals surface area contributed by atoms with E-state index in [1.54, 1.807) is 13.0 Å². The molecule has 3 aromatic rings. The highest BCUT2D eigenvalue weighted by Gasteiger charge is 2.15. The van der Waals surface area contributed by atoms with E-state index in [0.29, 0.717) is 16.8 Å². The Hall–Kier alpha value is -2.68. The van der Waals surface area contributed by atoms with Gasteiger partial charge >= 0.3 is 0 Å². The molecule has 0 atom stereocenters. The summed E-state index contributed by atoms with van der Waals surface area (Å²) in [5.41, 5.74) is 7.24. The standard InChI is InChI=1S/C18H14FNO/c1-11-16(19)9-13(10-17(11)20)18(21)15-8-4-6-12-5-2-3-7-14(12)15/h2-10H,20H2,1H3. The predicted molar refractivity (Wildman–Crippen MR) is 82.9 cm³/mol. The Bertz CT molecular complexity index is 826. The van der Waals surface area contributed by atoms with Crippen LogP contribution in [-0.4, -0.2) is 5.78 Å². The van der Waals surface area contributed by atoms with E-state index in [1.807, 2.05) is 36.4 Å². The quantitative estimate of drug-likeness (QED) is 0.567. The molecule has 0 spiro atoms. The number of nitrogen functional groups attached to an aromatic ring is 1. The molecule has 0 amide bonds. The number of halogens is 1. The first-order chi connectivity index (χ1) is 10.1. The first kappa shape index (κ1) is 13.3. The number of fused-ring (bicyclic) bond motifs is 1. The molecule has 0 aliphatic carbocycles. The third-order valence-electron chi connectivity index (χ3n) is 3.68. The van der Waals surface area contributed by atoms with E-state index in [1.165, 1.54) is 12.1 Å². The molecule has 0 saturated carbocycles. The summed E-state index contributed by atoms with van der Waals surface area (Å²) in [6.45, 7) is 1.59. The van der Waals surface area contributed by atoms with Crippen molar-refractivity contribution < 1.29 is 9.18 Å². The highest BCUT2D eigenvalue weighted by Crippen LogP contribution is 2.24. The molecule has 3 rings (SSSR count). The number of anilines is 1. The molecule has 0 aliphatic heterocycles. The van der Waals surface area contributed by atoms with E-state index < -0.39 is 5.82 Å². The van der Waals surface area contributed by atoms with Crippen molar-refractivity contribution in [1.29, 1.82) is 0 Å². The average molecular weight is 279 g/mol. The van der Waals surface area contributed by atoms with Crippen LogP contribution in [0.3, 0.4) is 0 Å². The van der Waals surface area contributed by atoms with E-state index >= 15 is 0 Å². The zero-order valence-electron chi connectivity index (χ0n) is 11.6. The molecule has 0 bridgehead atoms. The van der Waals surface area contributed by atoms with Gasteiger partial charge in [-0.25, -0.2) is 4.39 Å². The number of carbonyl (C=O) groups excluding carboxylic acids is 1. The first-order valence-electron chi connectivity index (χ1n) is 6.66. The van der Waals surface area contributed by atoms with Crippen molar-refractivity contribution in [1.82, 2.24) is 0 Å². The lowest BCUT2D eigenvalue weighted by molar-refractivity contribution is 0.104. The third kappa shape index (κ3) is 2.27. The molecule has 3 heteroatoms. The molecule has 0 saturated heterocycles. The molecule has 3 aromatic carbocycles. The fourth-order valence-corrected chi connectivity index (χ4v) is 2.41. The zero-order chi connectivity index (χ0) is 15.0. The van der Waals surface area contributed by atoms with Crippen LogP contribution in [0.25, 0.3) is 10.8 Å². The lowest BCUT2D eigenvalue weighted by atomic mass is 9.96. The summed E-state index contributed by atoms with van der Waals surface area (Å²) in [6.07, 6.45) is 0. The molecular formula is C18H14FNO. The Kier molecular flexibility index (Phi) is 3.18. The lowest BCUT2D eigenvalue weighted by Gasteiger charge is -2.08. The predicted octanol–water partition coefficient (Wildman–Crippen LogP) is 4.10. The topological polar surface area (TPSA) is 43.1 Å². The molecule has 0 unspecified atom stereocenters. The Labute approximate surface area is 122 Å². The lowest BCUT2D eigenvalue weighted by Crippen LogP contribution is -2.05. The van der Waals surface area contributed by atoms with Gasteiger partial charge in [0.1, 0.15) is 5.82 Å². The fraction of sp³-hybridized carbons (Fsp3) is 0.0556. The molecule has 104 valence electrons. The Morgan fingerprint density at radius 2 is 1.76 bits per heavy atom. The van der Waals surface area contributed by atoms with Gasteiger partial charge in [0.15, 0.2) is 5.78 Å². The van der Waals surface area contributed by atoms with Gasteiger partial charge in [0.25, 0.3) is 0 Å². The van der Waals surface area contributed by atoms with Crippen LogP contribution in [0.15, 0.2) is 54.6 Å². The van der Waals surface area contributed by atoms with Gasteiger partial charge in [-0.3, -0.25) is 4.79 Å². The van der Waals surface area contributed by atoms with Gasteiger partial charge < -0.3 is 5.73 Å². The third-order valence-corrected chi connectivity index (χ3v) is 3.68. The van der Waals surface area contributed by atoms with Gasteiger partial charge in [-0.1, -0.05) is 42.5 Å². The molecule has 0 aromatic heterocycles. The largest absolute Gasteiger partial charge is 0.398 e. The number of benzene rings is 3. The smallest absolute Gasteiger partial charge is 0.193 e. The van der Waals surface area contributed by atoms with Crippen molar-refractivity contribution in [3.8, 4) is 0 Å². The molecule has 0 radical (unpaired) electrons. The number of carbonyl (C=O) groups is 1. The number of ketones is 1. The van der Waals surface area contributed by atoms with Gasteiger partial charge in [-0.15, -0.1) is 0 Å². The highest BCUT2D eigenvalue weighted by atomic mass is 19.1. The minimum Gasteiger partial charge on any atom is -0.398 e. The second-order valence-electron chi connectivity index (χ2n) is 5.03. The van der Waals surface area contributed by atoms with Gasteiger partial charge in [-0.2, -0.15) is 0 Å². The van der Waals surface area contributed by atoms with Gasteiger partial charge in [0, 0.05) is 22.4 Å². The van der Waals surface area contributed by atoms with Crippen molar-refractivity contribution in [3.05, 3.63) is 77.1 Å². The van der Waals surface area contributed by atoms with Crippen LogP contribution < -0.4 is 5.73 Å². The molecule has 2 nitrogen and oxygen atoms in total. The van der Waals surface area contributed by atoms with Crippen molar-refractivity contribution in [3.63, 3.8) is 0 Å². The number of rotatable bonds is 2. The molecule has 2 N–H and O–H groups in total. The van der Waals surface area contributed by atoms with Crippen LogP contribution in [0.5, 0.6) is 0 Å². The van der Waals surface area contributed by atoms with Crippen molar-refractivity contribution >= 4 is 22.2 Å². The minimum absolute atomic E-state index is 0.225. The number of hydrogen-bond donors (Lipinski definition) is 1. The van der Waals surface area contributed by atoms with E-state index in [0.717, 1.165) is 10.8 Å². The Morgan fingerprint density at radius 1 is 1.05 bits per heavy atom. The van der Waals surface area contributed by atoms with Crippen LogP contribution >= 0.6 is 0 Å². The van der Waals surface area contributed by atoms with Crippen LogP contribution in [-0.2, 0) is 0 Å². The van der Waals surface area contributed by atoms with Crippen LogP contribution in [0.4, 0.5) is 10.1 Å². The van der Waals surface area contributed by atoms with Crippen LogP contribution in [0.2, 0.25) is 0 Å². The van der Waals surface area contributed by atoms with Crippen LogP contribution in [0.1, 0.15) is 21.5 Å². The number of hydrogen-bond acceptors (Lipinski definition) is 2. The summed E-state index contributed by atoms with van der Waals surface area (Å²) in [4.78, 5) is 12.7. The summed E-state index contributed by atoms with van der Waals surface area (Å²) >= 11 is 0. The Morgan fingerprint density at radius 3 is 2.52 bits per heavy atom. The summed E-state index contributed by atoms with van der Waals surface area (Å²) < 4.78 is 13.8. The number of nitrogens with two attached hydrogens (primary N) is 1. The maximum Gasteiger partial charge on any atom is 0.193 e. The van der Waals surface area contributed by atoms with E-state index in [4.69, 9.17) is 5.73 Å². The zero-order valence-corrected chi connectivity index (χ0v) is 11.6. The maximum atomic E-state index is 13.8.